The Morgan fingerprint density at radius 2 is 1.93 bits per heavy atom. The van der Waals surface area contributed by atoms with Crippen molar-refractivity contribution in [2.24, 2.45) is 5.73 Å². The van der Waals surface area contributed by atoms with Gasteiger partial charge in [-0.1, -0.05) is 35.0 Å². The van der Waals surface area contributed by atoms with Crippen LogP contribution in [0.4, 0.5) is 0 Å². The highest BCUT2D eigenvalue weighted by Gasteiger charge is 2.36. The molecule has 0 heterocycles. The van der Waals surface area contributed by atoms with Crippen LogP contribution in [0.15, 0.2) is 18.2 Å². The molecule has 1 nitrogen and oxygen atoms in total. The predicted octanol–water partition coefficient (Wildman–Crippen LogP) is 2.84. The van der Waals surface area contributed by atoms with Crippen LogP contribution in [-0.2, 0) is 0 Å². The summed E-state index contributed by atoms with van der Waals surface area (Å²) in [6.45, 7) is 0. The van der Waals surface area contributed by atoms with Gasteiger partial charge in [-0.15, -0.1) is 0 Å². The van der Waals surface area contributed by atoms with Crippen LogP contribution in [0.25, 0.3) is 0 Å². The van der Waals surface area contributed by atoms with Gasteiger partial charge < -0.3 is 5.73 Å². The fraction of sp³-hybridized carbons (Fsp3) is 0.273. The molecule has 0 amide bonds. The molecule has 1 aliphatic carbocycles. The molecule has 0 radical (unpaired) electrons. The molecule has 0 unspecified atom stereocenters. The molecule has 2 rings (SSSR count). The van der Waals surface area contributed by atoms with Crippen LogP contribution in [0.2, 0.25) is 10.0 Å². The second-order valence-corrected chi connectivity index (χ2v) is 4.35. The Morgan fingerprint density at radius 3 is 2.50 bits per heavy atom. The van der Waals surface area contributed by atoms with Crippen LogP contribution in [0.3, 0.4) is 0 Å². The average Bonchev–Trinajstić information content (AvgIpc) is 2.87. The van der Waals surface area contributed by atoms with Gasteiger partial charge in [-0.25, -0.2) is 0 Å². The second-order valence-electron chi connectivity index (χ2n) is 3.54. The monoisotopic (exact) mass is 225 g/mol. The summed E-state index contributed by atoms with van der Waals surface area (Å²) < 4.78 is 0. The summed E-state index contributed by atoms with van der Waals surface area (Å²) in [5, 5.41) is 1.08. The Kier molecular flexibility index (Phi) is 2.45. The highest BCUT2D eigenvalue weighted by atomic mass is 35.5. The van der Waals surface area contributed by atoms with E-state index in [-0.39, 0.29) is 5.54 Å². The zero-order chi connectivity index (χ0) is 10.2. The largest absolute Gasteiger partial charge is 0.315 e. The van der Waals surface area contributed by atoms with Crippen molar-refractivity contribution in [2.75, 3.05) is 0 Å². The van der Waals surface area contributed by atoms with Crippen molar-refractivity contribution in [1.29, 1.82) is 0 Å². The molecule has 0 aliphatic heterocycles. The molecule has 1 fully saturated rings. The third kappa shape index (κ3) is 2.22. The number of rotatable bonds is 0. The number of nitrogens with two attached hydrogens (primary N) is 1. The van der Waals surface area contributed by atoms with Crippen molar-refractivity contribution in [1.82, 2.24) is 0 Å². The van der Waals surface area contributed by atoms with E-state index in [0.717, 1.165) is 18.4 Å². The number of hydrogen-bond donors (Lipinski definition) is 1. The highest BCUT2D eigenvalue weighted by molar-refractivity contribution is 6.42. The Hall–Kier alpha value is -0.680. The van der Waals surface area contributed by atoms with Gasteiger partial charge in [-0.2, -0.15) is 0 Å². The first-order chi connectivity index (χ1) is 6.59. The molecule has 0 aromatic heterocycles. The molecular formula is C11H9Cl2N. The maximum Gasteiger partial charge on any atom is 0.0781 e. The maximum absolute atomic E-state index is 5.85. The lowest BCUT2D eigenvalue weighted by molar-refractivity contribution is 0.890. The van der Waals surface area contributed by atoms with Crippen molar-refractivity contribution in [3.05, 3.63) is 33.8 Å². The van der Waals surface area contributed by atoms with Gasteiger partial charge in [0, 0.05) is 5.56 Å². The Labute approximate surface area is 93.2 Å². The Bertz CT molecular complexity index is 425. The molecule has 1 aliphatic rings. The zero-order valence-corrected chi connectivity index (χ0v) is 8.99. The first-order valence-corrected chi connectivity index (χ1v) is 5.12. The molecule has 0 bridgehead atoms. The van der Waals surface area contributed by atoms with Gasteiger partial charge in [-0.3, -0.25) is 0 Å². The van der Waals surface area contributed by atoms with Crippen LogP contribution in [0.5, 0.6) is 0 Å². The average molecular weight is 226 g/mol. The minimum absolute atomic E-state index is 0.244. The number of hydrogen-bond acceptors (Lipinski definition) is 1. The highest BCUT2D eigenvalue weighted by Crippen LogP contribution is 2.31. The van der Waals surface area contributed by atoms with Gasteiger partial charge in [-0.05, 0) is 31.0 Å². The van der Waals surface area contributed by atoms with Gasteiger partial charge in [0.2, 0.25) is 0 Å². The molecule has 0 spiro atoms. The van der Waals surface area contributed by atoms with E-state index in [2.05, 4.69) is 11.8 Å². The normalized spacial score (nSPS) is 17.1. The fourth-order valence-corrected chi connectivity index (χ4v) is 1.33. The fourth-order valence-electron chi connectivity index (χ4n) is 1.03. The van der Waals surface area contributed by atoms with E-state index >= 15 is 0 Å². The van der Waals surface area contributed by atoms with Gasteiger partial charge in [0.15, 0.2) is 0 Å². The topological polar surface area (TPSA) is 26.0 Å². The molecule has 2 N–H and O–H groups in total. The summed E-state index contributed by atoms with van der Waals surface area (Å²) in [6.07, 6.45) is 1.97. The van der Waals surface area contributed by atoms with E-state index in [1.165, 1.54) is 0 Å². The molecule has 0 saturated heterocycles. The van der Waals surface area contributed by atoms with Crippen LogP contribution in [0.1, 0.15) is 18.4 Å². The van der Waals surface area contributed by atoms with Crippen molar-refractivity contribution in [2.45, 2.75) is 18.4 Å². The summed E-state index contributed by atoms with van der Waals surface area (Å²) in [4.78, 5) is 0. The van der Waals surface area contributed by atoms with Gasteiger partial charge in [0.05, 0.1) is 15.6 Å². The van der Waals surface area contributed by atoms with Crippen LogP contribution >= 0.6 is 23.2 Å². The van der Waals surface area contributed by atoms with Crippen molar-refractivity contribution < 1.29 is 0 Å². The Balaban J connectivity index is 2.24. The minimum Gasteiger partial charge on any atom is -0.315 e. The lowest BCUT2D eigenvalue weighted by Crippen LogP contribution is -2.18. The summed E-state index contributed by atoms with van der Waals surface area (Å²) in [6, 6.07) is 5.33. The maximum atomic E-state index is 5.85. The zero-order valence-electron chi connectivity index (χ0n) is 7.48. The van der Waals surface area contributed by atoms with Crippen molar-refractivity contribution >= 4 is 23.2 Å². The lowest BCUT2D eigenvalue weighted by atomic mass is 10.2. The van der Waals surface area contributed by atoms with Crippen LogP contribution < -0.4 is 5.73 Å². The molecule has 0 atom stereocenters. The van der Waals surface area contributed by atoms with Crippen LogP contribution in [0, 0.1) is 11.8 Å². The first kappa shape index (κ1) is 9.86. The number of halogens is 2. The third-order valence-corrected chi connectivity index (χ3v) is 2.90. The van der Waals surface area contributed by atoms with Gasteiger partial charge in [0.25, 0.3) is 0 Å². The van der Waals surface area contributed by atoms with Crippen molar-refractivity contribution in [3.63, 3.8) is 0 Å². The standard InChI is InChI=1S/C11H9Cl2N/c12-9-2-1-8(7-10(9)13)3-4-11(14)5-6-11/h1-2,7H,5-6,14H2. The molecule has 72 valence electrons. The first-order valence-electron chi connectivity index (χ1n) is 4.36. The van der Waals surface area contributed by atoms with E-state index in [1.807, 2.05) is 6.07 Å². The quantitative estimate of drug-likeness (QED) is 0.676. The predicted molar refractivity (Wildman–Crippen MR) is 59.5 cm³/mol. The van der Waals surface area contributed by atoms with Gasteiger partial charge in [0.1, 0.15) is 0 Å². The summed E-state index contributed by atoms with van der Waals surface area (Å²) >= 11 is 11.6. The second kappa shape index (κ2) is 3.47. The van der Waals surface area contributed by atoms with Crippen molar-refractivity contribution in [3.8, 4) is 11.8 Å². The Morgan fingerprint density at radius 1 is 1.21 bits per heavy atom. The SMILES string of the molecule is NC1(C#Cc2ccc(Cl)c(Cl)c2)CC1. The van der Waals surface area contributed by atoms with E-state index < -0.39 is 0 Å². The third-order valence-electron chi connectivity index (χ3n) is 2.16. The molecule has 3 heteroatoms. The van der Waals surface area contributed by atoms with Crippen LogP contribution in [-0.4, -0.2) is 5.54 Å². The summed E-state index contributed by atoms with van der Waals surface area (Å²) in [5.74, 6) is 6.02. The van der Waals surface area contributed by atoms with E-state index in [1.54, 1.807) is 12.1 Å². The minimum atomic E-state index is -0.244. The molecule has 1 saturated carbocycles. The van der Waals surface area contributed by atoms with Gasteiger partial charge >= 0.3 is 0 Å². The smallest absolute Gasteiger partial charge is 0.0781 e. The van der Waals surface area contributed by atoms with E-state index in [0.29, 0.717) is 10.0 Å². The summed E-state index contributed by atoms with van der Waals surface area (Å²) in [5.41, 5.74) is 6.44. The number of benzene rings is 1. The van der Waals surface area contributed by atoms with E-state index in [9.17, 15) is 0 Å². The lowest BCUT2D eigenvalue weighted by Gasteiger charge is -1.96. The molecule has 14 heavy (non-hydrogen) atoms. The molecule has 1 aromatic rings. The molecular weight excluding hydrogens is 217 g/mol. The molecule has 1 aromatic carbocycles. The van der Waals surface area contributed by atoms with E-state index in [4.69, 9.17) is 28.9 Å². The summed E-state index contributed by atoms with van der Waals surface area (Å²) in [7, 11) is 0.